The minimum absolute atomic E-state index is 0.00390. The van der Waals surface area contributed by atoms with Crippen molar-refractivity contribution in [3.63, 3.8) is 0 Å². The fourth-order valence-corrected chi connectivity index (χ4v) is 4.41. The van der Waals surface area contributed by atoms with E-state index in [1.807, 2.05) is 0 Å². The van der Waals surface area contributed by atoms with Gasteiger partial charge in [0.15, 0.2) is 0 Å². The summed E-state index contributed by atoms with van der Waals surface area (Å²) < 4.78 is 32.5. The molecule has 166 valence electrons. The van der Waals surface area contributed by atoms with E-state index in [-0.39, 0.29) is 18.1 Å². The topological polar surface area (TPSA) is 83.8 Å². The molecule has 0 radical (unpaired) electrons. The highest BCUT2D eigenvalue weighted by Crippen LogP contribution is 2.54. The van der Waals surface area contributed by atoms with Gasteiger partial charge in [0.05, 0.1) is 5.41 Å². The highest BCUT2D eigenvalue weighted by molar-refractivity contribution is 5.95. The molecule has 2 unspecified atom stereocenters. The van der Waals surface area contributed by atoms with E-state index in [9.17, 15) is 28.6 Å². The molecule has 4 rings (SSSR count). The first-order valence-corrected chi connectivity index (χ1v) is 10.3. The van der Waals surface area contributed by atoms with Gasteiger partial charge in [0.25, 0.3) is 0 Å². The lowest BCUT2D eigenvalue weighted by molar-refractivity contribution is -0.146. The third-order valence-corrected chi connectivity index (χ3v) is 6.09. The Labute approximate surface area is 183 Å². The number of halogens is 2. The zero-order chi connectivity index (χ0) is 23.0. The molecule has 0 saturated heterocycles. The number of hydrogen-bond acceptors (Lipinski definition) is 3. The maximum Gasteiger partial charge on any atom is 0.332 e. The standard InChI is InChI=1S/C25H22F2O5/c1-25(24(30)31)12-16(13-32-19-10-8-18(27)9-11-19)20(14-2-3-14)21(23(28)29)22(25)15-4-6-17(26)7-5-15/h4-12,14,22H,2-3,13H2,1H3,(H,28,29)(H,30,31). The molecule has 2 aromatic rings. The molecule has 0 amide bonds. The van der Waals surface area contributed by atoms with E-state index in [0.717, 1.165) is 12.8 Å². The first-order valence-electron chi connectivity index (χ1n) is 10.3. The largest absolute Gasteiger partial charge is 0.489 e. The van der Waals surface area contributed by atoms with Crippen molar-refractivity contribution in [3.05, 3.63) is 88.5 Å². The SMILES string of the molecule is CC1(C(=O)O)C=C(COc2ccc(F)cc2)C(C2CC2)=C(C(=O)O)C1c1ccc(F)cc1. The first-order chi connectivity index (χ1) is 15.2. The Morgan fingerprint density at radius 2 is 1.56 bits per heavy atom. The van der Waals surface area contributed by atoms with Crippen molar-refractivity contribution < 1.29 is 33.3 Å². The lowest BCUT2D eigenvalue weighted by Gasteiger charge is -2.38. The minimum Gasteiger partial charge on any atom is -0.489 e. The Balaban J connectivity index is 1.82. The van der Waals surface area contributed by atoms with Crippen LogP contribution in [0.25, 0.3) is 0 Å². The number of carboxylic acids is 2. The van der Waals surface area contributed by atoms with E-state index in [1.165, 1.54) is 55.5 Å². The van der Waals surface area contributed by atoms with Crippen LogP contribution >= 0.6 is 0 Å². The van der Waals surface area contributed by atoms with Gasteiger partial charge in [-0.1, -0.05) is 18.2 Å². The monoisotopic (exact) mass is 440 g/mol. The van der Waals surface area contributed by atoms with Gasteiger partial charge in [0.1, 0.15) is 24.0 Å². The van der Waals surface area contributed by atoms with Gasteiger partial charge in [0, 0.05) is 11.5 Å². The summed E-state index contributed by atoms with van der Waals surface area (Å²) in [4.78, 5) is 24.9. The third kappa shape index (κ3) is 4.02. The molecule has 2 N–H and O–H groups in total. The summed E-state index contributed by atoms with van der Waals surface area (Å²) in [6.07, 6.45) is 3.15. The maximum absolute atomic E-state index is 13.5. The molecule has 5 nitrogen and oxygen atoms in total. The molecule has 32 heavy (non-hydrogen) atoms. The van der Waals surface area contributed by atoms with E-state index >= 15 is 0 Å². The van der Waals surface area contributed by atoms with Crippen molar-refractivity contribution in [2.45, 2.75) is 25.7 Å². The molecule has 0 heterocycles. The van der Waals surface area contributed by atoms with E-state index < -0.39 is 34.9 Å². The Morgan fingerprint density at radius 1 is 1.00 bits per heavy atom. The lowest BCUT2D eigenvalue weighted by atomic mass is 9.63. The van der Waals surface area contributed by atoms with Crippen LogP contribution in [0.1, 0.15) is 31.2 Å². The summed E-state index contributed by atoms with van der Waals surface area (Å²) in [5.41, 5.74) is -0.0956. The van der Waals surface area contributed by atoms with Gasteiger partial charge >= 0.3 is 11.9 Å². The number of rotatable bonds is 7. The summed E-state index contributed by atoms with van der Waals surface area (Å²) in [5, 5.41) is 20.3. The Hall–Kier alpha value is -3.48. The predicted octanol–water partition coefficient (Wildman–Crippen LogP) is 4.95. The maximum atomic E-state index is 13.5. The molecule has 7 heteroatoms. The Bertz CT molecular complexity index is 1110. The van der Waals surface area contributed by atoms with E-state index in [1.54, 1.807) is 6.08 Å². The Morgan fingerprint density at radius 3 is 2.06 bits per heavy atom. The second kappa shape index (κ2) is 8.22. The van der Waals surface area contributed by atoms with Gasteiger partial charge in [-0.15, -0.1) is 0 Å². The van der Waals surface area contributed by atoms with Crippen molar-refractivity contribution in [1.29, 1.82) is 0 Å². The van der Waals surface area contributed by atoms with Crippen molar-refractivity contribution in [3.8, 4) is 5.75 Å². The van der Waals surface area contributed by atoms with Crippen LogP contribution in [-0.4, -0.2) is 28.8 Å². The van der Waals surface area contributed by atoms with Gasteiger partial charge in [-0.25, -0.2) is 13.6 Å². The average Bonchev–Trinajstić information content (AvgIpc) is 3.58. The molecule has 0 aliphatic heterocycles. The molecule has 1 saturated carbocycles. The highest BCUT2D eigenvalue weighted by Gasteiger charge is 2.51. The first kappa shape index (κ1) is 21.7. The molecule has 2 aromatic carbocycles. The Kier molecular flexibility index (Phi) is 5.59. The molecule has 2 aliphatic carbocycles. The van der Waals surface area contributed by atoms with Crippen LogP contribution in [0.5, 0.6) is 5.75 Å². The van der Waals surface area contributed by atoms with Crippen LogP contribution in [0.2, 0.25) is 0 Å². The summed E-state index contributed by atoms with van der Waals surface area (Å²) in [6.45, 7) is 1.42. The molecular formula is C25H22F2O5. The van der Waals surface area contributed by atoms with Crippen LogP contribution in [0, 0.1) is 23.0 Å². The second-order valence-corrected chi connectivity index (χ2v) is 8.39. The lowest BCUT2D eigenvalue weighted by Crippen LogP contribution is -2.39. The molecule has 1 fully saturated rings. The van der Waals surface area contributed by atoms with Gasteiger partial charge in [-0.3, -0.25) is 4.79 Å². The molecule has 0 aromatic heterocycles. The number of benzene rings is 2. The van der Waals surface area contributed by atoms with Gasteiger partial charge in [-0.2, -0.15) is 0 Å². The second-order valence-electron chi connectivity index (χ2n) is 8.39. The minimum atomic E-state index is -1.59. The van der Waals surface area contributed by atoms with Gasteiger partial charge in [0.2, 0.25) is 0 Å². The number of ether oxygens (including phenoxy) is 1. The van der Waals surface area contributed by atoms with E-state index in [4.69, 9.17) is 4.74 Å². The summed E-state index contributed by atoms with van der Waals surface area (Å²) in [7, 11) is 0. The zero-order valence-electron chi connectivity index (χ0n) is 17.3. The van der Waals surface area contributed by atoms with E-state index in [2.05, 4.69) is 0 Å². The normalized spacial score (nSPS) is 23.0. The fourth-order valence-electron chi connectivity index (χ4n) is 4.41. The van der Waals surface area contributed by atoms with Crippen LogP contribution in [-0.2, 0) is 9.59 Å². The molecule has 2 aliphatic rings. The van der Waals surface area contributed by atoms with Gasteiger partial charge in [-0.05, 0) is 78.8 Å². The molecule has 2 atom stereocenters. The van der Waals surface area contributed by atoms with Crippen molar-refractivity contribution in [2.24, 2.45) is 11.3 Å². The summed E-state index contributed by atoms with van der Waals surface area (Å²) in [5.74, 6) is -3.93. The van der Waals surface area contributed by atoms with Crippen molar-refractivity contribution >= 4 is 11.9 Å². The van der Waals surface area contributed by atoms with E-state index in [0.29, 0.717) is 22.5 Å². The number of hydrogen-bond donors (Lipinski definition) is 2. The number of carbonyl (C=O) groups is 2. The average molecular weight is 440 g/mol. The van der Waals surface area contributed by atoms with Crippen molar-refractivity contribution in [1.82, 2.24) is 0 Å². The fraction of sp³-hybridized carbons (Fsp3) is 0.280. The van der Waals surface area contributed by atoms with Crippen LogP contribution in [0.15, 0.2) is 71.3 Å². The summed E-state index contributed by atoms with van der Waals surface area (Å²) in [6, 6.07) is 10.7. The van der Waals surface area contributed by atoms with Crippen LogP contribution < -0.4 is 4.74 Å². The molecule has 0 spiro atoms. The van der Waals surface area contributed by atoms with Gasteiger partial charge < -0.3 is 14.9 Å². The molecule has 0 bridgehead atoms. The summed E-state index contributed by atoms with van der Waals surface area (Å²) >= 11 is 0. The number of carboxylic acid groups (broad SMARTS) is 2. The predicted molar refractivity (Wildman–Crippen MR) is 112 cm³/mol. The zero-order valence-corrected chi connectivity index (χ0v) is 17.3. The molecular weight excluding hydrogens is 418 g/mol. The van der Waals surface area contributed by atoms with Crippen LogP contribution in [0.4, 0.5) is 8.78 Å². The van der Waals surface area contributed by atoms with Crippen LogP contribution in [0.3, 0.4) is 0 Å². The number of aliphatic carboxylic acids is 2. The quantitative estimate of drug-likeness (QED) is 0.637. The van der Waals surface area contributed by atoms with Crippen molar-refractivity contribution in [2.75, 3.05) is 6.61 Å². The highest BCUT2D eigenvalue weighted by atomic mass is 19.1. The third-order valence-electron chi connectivity index (χ3n) is 6.09. The smallest absolute Gasteiger partial charge is 0.332 e.